The largest absolute Gasteiger partial charge is 0.325 e. The van der Waals surface area contributed by atoms with Crippen molar-refractivity contribution in [2.75, 3.05) is 21.9 Å². The number of hydrogen-bond donors (Lipinski definition) is 1. The first kappa shape index (κ1) is 19.1. The summed E-state index contributed by atoms with van der Waals surface area (Å²) in [4.78, 5) is 29.3. The quantitative estimate of drug-likeness (QED) is 0.705. The van der Waals surface area contributed by atoms with Crippen LogP contribution in [0, 0.1) is 6.92 Å². The molecule has 8 nitrogen and oxygen atoms in total. The van der Waals surface area contributed by atoms with Crippen molar-refractivity contribution in [1.29, 1.82) is 0 Å². The summed E-state index contributed by atoms with van der Waals surface area (Å²) in [6, 6.07) is 13.8. The van der Waals surface area contributed by atoms with Gasteiger partial charge in [-0.15, -0.1) is 0 Å². The standard InChI is InChI=1S/C20H20N4O4S/c1-14-20(26)23(18-6-3-2-5-17(18)21-14)13-19(25)22-15-7-9-16(10-8-15)24-11-4-12-29(24,27)28/h2-3,5-10H,4,11-13H2,1H3,(H,22,25). The highest BCUT2D eigenvalue weighted by atomic mass is 32.2. The Morgan fingerprint density at radius 3 is 2.55 bits per heavy atom. The zero-order valence-corrected chi connectivity index (χ0v) is 16.6. The molecule has 0 spiro atoms. The number of rotatable bonds is 4. The van der Waals surface area contributed by atoms with Crippen LogP contribution in [0.1, 0.15) is 12.1 Å². The van der Waals surface area contributed by atoms with Gasteiger partial charge in [0.1, 0.15) is 12.2 Å². The predicted octanol–water partition coefficient (Wildman–Crippen LogP) is 1.88. The van der Waals surface area contributed by atoms with Gasteiger partial charge in [0.2, 0.25) is 15.9 Å². The first-order chi connectivity index (χ1) is 13.8. The number of hydrogen-bond acceptors (Lipinski definition) is 5. The van der Waals surface area contributed by atoms with Crippen LogP contribution in [-0.4, -0.2) is 36.2 Å². The van der Waals surface area contributed by atoms with Gasteiger partial charge in [0, 0.05) is 12.2 Å². The van der Waals surface area contributed by atoms with Gasteiger partial charge < -0.3 is 5.32 Å². The number of fused-ring (bicyclic) bond motifs is 1. The minimum Gasteiger partial charge on any atom is -0.325 e. The summed E-state index contributed by atoms with van der Waals surface area (Å²) in [6.07, 6.45) is 0.606. The Balaban J connectivity index is 1.53. The minimum absolute atomic E-state index is 0.148. The highest BCUT2D eigenvalue weighted by Gasteiger charge is 2.28. The number of para-hydroxylation sites is 2. The molecule has 0 atom stereocenters. The highest BCUT2D eigenvalue weighted by molar-refractivity contribution is 7.93. The van der Waals surface area contributed by atoms with Gasteiger partial charge in [0.05, 0.1) is 22.5 Å². The molecule has 3 aromatic rings. The van der Waals surface area contributed by atoms with E-state index in [1.807, 2.05) is 6.07 Å². The lowest BCUT2D eigenvalue weighted by Crippen LogP contribution is -2.30. The molecular formula is C20H20N4O4S. The smallest absolute Gasteiger partial charge is 0.272 e. The van der Waals surface area contributed by atoms with E-state index in [2.05, 4.69) is 10.3 Å². The second-order valence-electron chi connectivity index (χ2n) is 6.91. The van der Waals surface area contributed by atoms with Gasteiger partial charge in [-0.05, 0) is 49.7 Å². The van der Waals surface area contributed by atoms with Crippen LogP contribution in [0.3, 0.4) is 0 Å². The lowest BCUT2D eigenvalue weighted by molar-refractivity contribution is -0.116. The van der Waals surface area contributed by atoms with Gasteiger partial charge >= 0.3 is 0 Å². The number of carbonyl (C=O) groups is 1. The van der Waals surface area contributed by atoms with E-state index in [0.29, 0.717) is 41.1 Å². The Hall–Kier alpha value is -3.20. The molecular weight excluding hydrogens is 392 g/mol. The number of nitrogens with one attached hydrogen (secondary N) is 1. The first-order valence-corrected chi connectivity index (χ1v) is 10.8. The van der Waals surface area contributed by atoms with Crippen molar-refractivity contribution < 1.29 is 13.2 Å². The molecule has 0 unspecified atom stereocenters. The summed E-state index contributed by atoms with van der Waals surface area (Å²) < 4.78 is 26.8. The second kappa shape index (κ2) is 7.32. The first-order valence-electron chi connectivity index (χ1n) is 9.22. The van der Waals surface area contributed by atoms with Crippen LogP contribution >= 0.6 is 0 Å². The second-order valence-corrected chi connectivity index (χ2v) is 8.93. The van der Waals surface area contributed by atoms with E-state index in [-0.39, 0.29) is 23.8 Å². The normalized spacial score (nSPS) is 15.6. The third-order valence-electron chi connectivity index (χ3n) is 4.86. The number of aromatic nitrogens is 2. The predicted molar refractivity (Wildman–Crippen MR) is 112 cm³/mol. The Kier molecular flexibility index (Phi) is 4.83. The number of benzene rings is 2. The molecule has 1 fully saturated rings. The van der Waals surface area contributed by atoms with E-state index in [4.69, 9.17) is 0 Å². The van der Waals surface area contributed by atoms with Crippen molar-refractivity contribution in [1.82, 2.24) is 9.55 Å². The Morgan fingerprint density at radius 1 is 1.14 bits per heavy atom. The topological polar surface area (TPSA) is 101 Å². The maximum Gasteiger partial charge on any atom is 0.272 e. The van der Waals surface area contributed by atoms with Crippen molar-refractivity contribution >= 4 is 38.3 Å². The molecule has 1 N–H and O–H groups in total. The lowest BCUT2D eigenvalue weighted by Gasteiger charge is -2.17. The molecule has 2 aromatic carbocycles. The van der Waals surface area contributed by atoms with Gasteiger partial charge in [0.25, 0.3) is 5.56 Å². The van der Waals surface area contributed by atoms with Crippen molar-refractivity contribution in [3.05, 3.63) is 64.6 Å². The van der Waals surface area contributed by atoms with Gasteiger partial charge in [0.15, 0.2) is 0 Å². The Bertz CT molecular complexity index is 1250. The van der Waals surface area contributed by atoms with Gasteiger partial charge in [-0.1, -0.05) is 12.1 Å². The van der Waals surface area contributed by atoms with Crippen LogP contribution in [-0.2, 0) is 21.4 Å². The van der Waals surface area contributed by atoms with Crippen LogP contribution in [0.25, 0.3) is 11.0 Å². The minimum atomic E-state index is -3.24. The summed E-state index contributed by atoms with van der Waals surface area (Å²) in [7, 11) is -3.24. The maximum atomic E-state index is 12.5. The summed E-state index contributed by atoms with van der Waals surface area (Å²) in [5, 5.41) is 2.75. The number of nitrogens with zero attached hydrogens (tertiary/aromatic N) is 3. The monoisotopic (exact) mass is 412 g/mol. The molecule has 0 saturated carbocycles. The summed E-state index contributed by atoms with van der Waals surface area (Å²) in [5.74, 6) is -0.205. The SMILES string of the molecule is Cc1nc2ccccc2n(CC(=O)Nc2ccc(N3CCCS3(=O)=O)cc2)c1=O. The molecule has 4 rings (SSSR count). The fraction of sp³-hybridized carbons (Fsp3) is 0.250. The summed E-state index contributed by atoms with van der Waals surface area (Å²) in [5.41, 5.74) is 2.36. The van der Waals surface area contributed by atoms with E-state index >= 15 is 0 Å². The molecule has 0 aliphatic carbocycles. The number of anilines is 2. The Labute approximate surface area is 167 Å². The van der Waals surface area contributed by atoms with Crippen molar-refractivity contribution in [3.8, 4) is 0 Å². The molecule has 1 amide bonds. The molecule has 1 saturated heterocycles. The average Bonchev–Trinajstić information content (AvgIpc) is 3.05. The van der Waals surface area contributed by atoms with Crippen LogP contribution in [0.4, 0.5) is 11.4 Å². The van der Waals surface area contributed by atoms with Gasteiger partial charge in [-0.3, -0.25) is 18.5 Å². The van der Waals surface area contributed by atoms with Crippen molar-refractivity contribution in [2.24, 2.45) is 0 Å². The summed E-state index contributed by atoms with van der Waals surface area (Å²) >= 11 is 0. The zero-order chi connectivity index (χ0) is 20.6. The third kappa shape index (κ3) is 3.73. The molecule has 1 aliphatic heterocycles. The number of amides is 1. The van der Waals surface area contributed by atoms with E-state index in [9.17, 15) is 18.0 Å². The fourth-order valence-corrected chi connectivity index (χ4v) is 5.03. The van der Waals surface area contributed by atoms with Crippen LogP contribution in [0.2, 0.25) is 0 Å². The third-order valence-corrected chi connectivity index (χ3v) is 6.72. The lowest BCUT2D eigenvalue weighted by atomic mass is 10.2. The van der Waals surface area contributed by atoms with Gasteiger partial charge in [-0.2, -0.15) is 0 Å². The van der Waals surface area contributed by atoms with Crippen LogP contribution < -0.4 is 15.2 Å². The van der Waals surface area contributed by atoms with E-state index in [1.165, 1.54) is 8.87 Å². The molecule has 2 heterocycles. The molecule has 1 aliphatic rings. The van der Waals surface area contributed by atoms with Crippen molar-refractivity contribution in [2.45, 2.75) is 19.9 Å². The zero-order valence-electron chi connectivity index (χ0n) is 15.8. The molecule has 0 bridgehead atoms. The molecule has 29 heavy (non-hydrogen) atoms. The number of sulfonamides is 1. The number of carbonyl (C=O) groups excluding carboxylic acids is 1. The van der Waals surface area contributed by atoms with Crippen LogP contribution in [0.15, 0.2) is 53.3 Å². The summed E-state index contributed by atoms with van der Waals surface area (Å²) in [6.45, 7) is 1.94. The van der Waals surface area contributed by atoms with E-state index < -0.39 is 10.0 Å². The Morgan fingerprint density at radius 2 is 1.86 bits per heavy atom. The number of aryl methyl sites for hydroxylation is 1. The molecule has 150 valence electrons. The molecule has 0 radical (unpaired) electrons. The van der Waals surface area contributed by atoms with Crippen molar-refractivity contribution in [3.63, 3.8) is 0 Å². The highest BCUT2D eigenvalue weighted by Crippen LogP contribution is 2.25. The average molecular weight is 412 g/mol. The maximum absolute atomic E-state index is 12.5. The van der Waals surface area contributed by atoms with Crippen LogP contribution in [0.5, 0.6) is 0 Å². The van der Waals surface area contributed by atoms with Gasteiger partial charge in [-0.25, -0.2) is 13.4 Å². The molecule has 9 heteroatoms. The van der Waals surface area contributed by atoms with E-state index in [0.717, 1.165) is 0 Å². The fourth-order valence-electron chi connectivity index (χ4n) is 3.46. The molecule has 1 aromatic heterocycles. The van der Waals surface area contributed by atoms with E-state index in [1.54, 1.807) is 49.4 Å².